The molecule has 6 N–H and O–H groups in total. The Labute approximate surface area is 475 Å². The molecule has 0 aliphatic carbocycles. The normalized spacial score (nSPS) is 19.9. The van der Waals surface area contributed by atoms with Crippen LogP contribution in [-0.4, -0.2) is 87.5 Å². The second-order valence-electron chi connectivity index (χ2n) is 20.0. The van der Waals surface area contributed by atoms with Crippen LogP contribution < -0.4 is 5.32 Å². The van der Waals surface area contributed by atoms with Gasteiger partial charge >= 0.3 is 0 Å². The summed E-state index contributed by atoms with van der Waals surface area (Å²) in [6.07, 6.45) is 82.8. The van der Waals surface area contributed by atoms with Crippen molar-refractivity contribution in [3.05, 3.63) is 170 Å². The summed E-state index contributed by atoms with van der Waals surface area (Å²) in [7, 11) is 0. The molecule has 0 radical (unpaired) electrons. The van der Waals surface area contributed by atoms with Crippen molar-refractivity contribution >= 4 is 5.91 Å². The van der Waals surface area contributed by atoms with Crippen LogP contribution >= 0.6 is 0 Å². The van der Waals surface area contributed by atoms with E-state index >= 15 is 0 Å². The van der Waals surface area contributed by atoms with Crippen LogP contribution in [0.25, 0.3) is 0 Å². The van der Waals surface area contributed by atoms with Gasteiger partial charge in [0.2, 0.25) is 5.91 Å². The summed E-state index contributed by atoms with van der Waals surface area (Å²) in [4.78, 5) is 13.0. The van der Waals surface area contributed by atoms with Crippen LogP contribution in [0, 0.1) is 0 Å². The molecule has 9 heteroatoms. The number of aliphatic hydroxyl groups excluding tert-OH is 5. The number of nitrogens with one attached hydrogen (secondary N) is 1. The van der Waals surface area contributed by atoms with E-state index < -0.39 is 49.5 Å². The second kappa shape index (κ2) is 55.8. The minimum atomic E-state index is -1.59. The standard InChI is InChI=1S/C69H109NO8/c1-3-5-7-9-11-13-15-17-19-20-21-22-23-24-25-26-27-28-29-30-31-32-33-34-35-36-37-38-39-40-41-42-43-44-45-47-49-51-53-55-57-59-65(73)70-62(61-77-69-68(76)67(75)66(74)64(60-71)78-69)63(72)58-56-54-52-50-48-46-18-16-14-12-10-8-6-4-2/h5,7,11,13,17,19,21-22,24-25,27-28,30-31,33-34,36-37,39-40,42-43,45,47-48,50,56,58,62-64,66-69,71-72,74-76H,3-4,6,8-10,12,14-16,18,20,23,26,29,32,35,38,41,44,46,49,51-55,57,59-61H2,1-2H3,(H,70,73)/b7-5-,13-11-,19-17-,22-21-,25-24-,28-27-,31-30-,34-33-,37-36-,40-39-,43-42-,47-45-,50-48+,58-56+. The van der Waals surface area contributed by atoms with Gasteiger partial charge in [0.25, 0.3) is 0 Å². The molecule has 1 rings (SSSR count). The van der Waals surface area contributed by atoms with Gasteiger partial charge in [0.1, 0.15) is 24.4 Å². The van der Waals surface area contributed by atoms with Gasteiger partial charge in [-0.2, -0.15) is 0 Å². The molecule has 7 unspecified atom stereocenters. The molecule has 1 amide bonds. The van der Waals surface area contributed by atoms with E-state index in [-0.39, 0.29) is 12.5 Å². The molecule has 0 aromatic heterocycles. The Morgan fingerprint density at radius 2 is 0.808 bits per heavy atom. The molecule has 1 aliphatic heterocycles. The van der Waals surface area contributed by atoms with Crippen molar-refractivity contribution in [2.45, 2.75) is 243 Å². The van der Waals surface area contributed by atoms with Crippen LogP contribution in [0.2, 0.25) is 0 Å². The first-order valence-corrected chi connectivity index (χ1v) is 30.4. The SMILES string of the molecule is CC/C=C\C/C=C\C/C=C\C/C=C\C/C=C\C/C=C\C/C=C\C/C=C\C/C=C\C/C=C\C/C=C\C/C=C\CCCCCCC(=O)NC(COC1OC(CO)C(O)C(O)C1O)C(O)/C=C/CC/C=C/CCCCCCCCCC. The van der Waals surface area contributed by atoms with E-state index in [0.717, 1.165) is 122 Å². The minimum Gasteiger partial charge on any atom is -0.394 e. The van der Waals surface area contributed by atoms with Gasteiger partial charge in [-0.3, -0.25) is 4.79 Å². The summed E-state index contributed by atoms with van der Waals surface area (Å²) >= 11 is 0. The van der Waals surface area contributed by atoms with E-state index in [0.29, 0.717) is 12.8 Å². The lowest BCUT2D eigenvalue weighted by Gasteiger charge is -2.40. The molecule has 1 saturated heterocycles. The predicted octanol–water partition coefficient (Wildman–Crippen LogP) is 15.8. The van der Waals surface area contributed by atoms with Crippen molar-refractivity contribution in [2.24, 2.45) is 0 Å². The molecule has 438 valence electrons. The van der Waals surface area contributed by atoms with Gasteiger partial charge in [0, 0.05) is 6.42 Å². The van der Waals surface area contributed by atoms with Crippen LogP contribution in [-0.2, 0) is 14.3 Å². The molecule has 1 fully saturated rings. The van der Waals surface area contributed by atoms with Crippen molar-refractivity contribution in [1.82, 2.24) is 5.32 Å². The summed E-state index contributed by atoms with van der Waals surface area (Å²) in [5.74, 6) is -0.219. The lowest BCUT2D eigenvalue weighted by Crippen LogP contribution is -2.60. The Morgan fingerprint density at radius 3 is 1.23 bits per heavy atom. The molecule has 0 saturated carbocycles. The quantitative estimate of drug-likeness (QED) is 0.0261. The fourth-order valence-electron chi connectivity index (χ4n) is 8.27. The molecular weight excluding hydrogens is 971 g/mol. The van der Waals surface area contributed by atoms with Crippen LogP contribution in [0.5, 0.6) is 0 Å². The molecule has 0 bridgehead atoms. The molecule has 0 aromatic rings. The largest absolute Gasteiger partial charge is 0.394 e. The Hall–Kier alpha value is -4.45. The number of aliphatic hydroxyl groups is 5. The number of carbonyl (C=O) groups is 1. The van der Waals surface area contributed by atoms with Crippen LogP contribution in [0.3, 0.4) is 0 Å². The number of hydrogen-bond donors (Lipinski definition) is 6. The molecule has 1 aliphatic rings. The maximum atomic E-state index is 13.0. The average Bonchev–Trinajstić information content (AvgIpc) is 3.46. The lowest BCUT2D eigenvalue weighted by atomic mass is 9.99. The van der Waals surface area contributed by atoms with Gasteiger partial charge in [-0.25, -0.2) is 0 Å². The monoisotopic (exact) mass is 1080 g/mol. The summed E-state index contributed by atoms with van der Waals surface area (Å²) in [6.45, 7) is 3.60. The second-order valence-corrected chi connectivity index (χ2v) is 20.0. The Morgan fingerprint density at radius 1 is 0.449 bits per heavy atom. The van der Waals surface area contributed by atoms with Crippen molar-refractivity contribution in [3.8, 4) is 0 Å². The number of rotatable bonds is 49. The first-order chi connectivity index (χ1) is 38.3. The zero-order valence-corrected chi connectivity index (χ0v) is 48.6. The third-order valence-electron chi connectivity index (χ3n) is 13.0. The van der Waals surface area contributed by atoms with Crippen LogP contribution in [0.15, 0.2) is 170 Å². The van der Waals surface area contributed by atoms with Gasteiger partial charge in [0.15, 0.2) is 6.29 Å². The average molecular weight is 1080 g/mol. The number of allylic oxidation sites excluding steroid dienone is 27. The third-order valence-corrected chi connectivity index (χ3v) is 13.0. The number of amides is 1. The van der Waals surface area contributed by atoms with E-state index in [1.165, 1.54) is 51.4 Å². The topological polar surface area (TPSA) is 149 Å². The van der Waals surface area contributed by atoms with Gasteiger partial charge in [-0.05, 0) is 122 Å². The first-order valence-electron chi connectivity index (χ1n) is 30.4. The maximum absolute atomic E-state index is 13.0. The highest BCUT2D eigenvalue weighted by Gasteiger charge is 2.44. The zero-order chi connectivity index (χ0) is 56.5. The summed E-state index contributed by atoms with van der Waals surface area (Å²) in [5.41, 5.74) is 0. The molecule has 0 spiro atoms. The molecule has 0 aromatic carbocycles. The molecular formula is C69H109NO8. The van der Waals surface area contributed by atoms with Crippen LogP contribution in [0.4, 0.5) is 0 Å². The van der Waals surface area contributed by atoms with E-state index in [1.54, 1.807) is 6.08 Å². The minimum absolute atomic E-state index is 0.219. The van der Waals surface area contributed by atoms with Gasteiger partial charge in [-0.15, -0.1) is 0 Å². The first kappa shape index (κ1) is 71.6. The number of ether oxygens (including phenoxy) is 2. The Balaban J connectivity index is 2.21. The molecule has 9 nitrogen and oxygen atoms in total. The number of carbonyl (C=O) groups excluding carboxylic acids is 1. The van der Waals surface area contributed by atoms with E-state index in [4.69, 9.17) is 9.47 Å². The zero-order valence-electron chi connectivity index (χ0n) is 48.6. The highest BCUT2D eigenvalue weighted by atomic mass is 16.7. The summed E-state index contributed by atoms with van der Waals surface area (Å²) in [6, 6.07) is -0.848. The summed E-state index contributed by atoms with van der Waals surface area (Å²) < 4.78 is 11.2. The van der Waals surface area contributed by atoms with E-state index in [9.17, 15) is 30.3 Å². The van der Waals surface area contributed by atoms with Crippen molar-refractivity contribution in [2.75, 3.05) is 13.2 Å². The maximum Gasteiger partial charge on any atom is 0.220 e. The Bertz CT molecular complexity index is 1830. The highest BCUT2D eigenvalue weighted by Crippen LogP contribution is 2.22. The number of hydrogen-bond acceptors (Lipinski definition) is 8. The molecule has 1 heterocycles. The highest BCUT2D eigenvalue weighted by molar-refractivity contribution is 5.76. The van der Waals surface area contributed by atoms with Gasteiger partial charge in [0.05, 0.1) is 25.4 Å². The van der Waals surface area contributed by atoms with E-state index in [1.807, 2.05) is 6.08 Å². The fourth-order valence-corrected chi connectivity index (χ4v) is 8.27. The van der Waals surface area contributed by atoms with Crippen molar-refractivity contribution < 1.29 is 39.8 Å². The number of unbranched alkanes of at least 4 members (excludes halogenated alkanes) is 13. The molecule has 7 atom stereocenters. The van der Waals surface area contributed by atoms with Crippen molar-refractivity contribution in [1.29, 1.82) is 0 Å². The third kappa shape index (κ3) is 44.4. The Kier molecular flexibility index (Phi) is 51.2. The van der Waals surface area contributed by atoms with E-state index in [2.05, 4.69) is 177 Å². The summed E-state index contributed by atoms with van der Waals surface area (Å²) in [5, 5.41) is 54.4. The van der Waals surface area contributed by atoms with Gasteiger partial charge < -0.3 is 40.3 Å². The lowest BCUT2D eigenvalue weighted by molar-refractivity contribution is -0.302. The van der Waals surface area contributed by atoms with Crippen LogP contribution in [0.1, 0.15) is 200 Å². The van der Waals surface area contributed by atoms with Gasteiger partial charge in [-0.1, -0.05) is 242 Å². The molecule has 78 heavy (non-hydrogen) atoms. The predicted molar refractivity (Wildman–Crippen MR) is 331 cm³/mol. The smallest absolute Gasteiger partial charge is 0.220 e. The van der Waals surface area contributed by atoms with Crippen molar-refractivity contribution in [3.63, 3.8) is 0 Å². The fraction of sp³-hybridized carbons (Fsp3) is 0.580.